The monoisotopic (exact) mass is 317 g/mol. The SMILES string of the molecule is COc1cc(NC(=O)C2CC23CCNCC3)ccc1NC(C)=O. The van der Waals surface area contributed by atoms with Crippen molar-refractivity contribution in [2.45, 2.75) is 26.2 Å². The summed E-state index contributed by atoms with van der Waals surface area (Å²) in [5.41, 5.74) is 1.51. The zero-order valence-electron chi connectivity index (χ0n) is 13.6. The van der Waals surface area contributed by atoms with Gasteiger partial charge in [-0.3, -0.25) is 9.59 Å². The van der Waals surface area contributed by atoms with Crippen LogP contribution in [0.15, 0.2) is 18.2 Å². The predicted molar refractivity (Wildman–Crippen MR) is 88.6 cm³/mol. The molecule has 1 aromatic rings. The van der Waals surface area contributed by atoms with Crippen LogP contribution in [0, 0.1) is 11.3 Å². The van der Waals surface area contributed by atoms with Crippen molar-refractivity contribution in [3.63, 3.8) is 0 Å². The maximum atomic E-state index is 12.5. The number of hydrogen-bond acceptors (Lipinski definition) is 4. The molecule has 1 atom stereocenters. The van der Waals surface area contributed by atoms with Gasteiger partial charge in [-0.15, -0.1) is 0 Å². The van der Waals surface area contributed by atoms with Crippen LogP contribution in [-0.4, -0.2) is 32.0 Å². The van der Waals surface area contributed by atoms with Gasteiger partial charge >= 0.3 is 0 Å². The number of methoxy groups -OCH3 is 1. The molecule has 23 heavy (non-hydrogen) atoms. The molecule has 1 aliphatic heterocycles. The summed E-state index contributed by atoms with van der Waals surface area (Å²) in [6.45, 7) is 3.45. The number of ether oxygens (including phenoxy) is 1. The molecule has 1 unspecified atom stereocenters. The number of amides is 2. The van der Waals surface area contributed by atoms with Gasteiger partial charge in [0.1, 0.15) is 5.75 Å². The van der Waals surface area contributed by atoms with Gasteiger partial charge in [0.05, 0.1) is 12.8 Å². The fourth-order valence-electron chi connectivity index (χ4n) is 3.49. The molecule has 1 saturated heterocycles. The molecule has 0 bridgehead atoms. The molecular weight excluding hydrogens is 294 g/mol. The van der Waals surface area contributed by atoms with Crippen LogP contribution in [0.25, 0.3) is 0 Å². The molecule has 0 radical (unpaired) electrons. The molecule has 124 valence electrons. The zero-order valence-corrected chi connectivity index (χ0v) is 13.6. The normalized spacial score (nSPS) is 21.6. The summed E-state index contributed by atoms with van der Waals surface area (Å²) < 4.78 is 5.28. The standard InChI is InChI=1S/C17H23N3O3/c1-11(21)19-14-4-3-12(9-15(14)23-2)20-16(22)13-10-17(13)5-7-18-8-6-17/h3-4,9,13,18H,5-8,10H2,1-2H3,(H,19,21)(H,20,22). The van der Waals surface area contributed by atoms with Crippen LogP contribution in [0.4, 0.5) is 11.4 Å². The fraction of sp³-hybridized carbons (Fsp3) is 0.529. The Morgan fingerprint density at radius 1 is 1.26 bits per heavy atom. The van der Waals surface area contributed by atoms with Gasteiger partial charge in [-0.2, -0.15) is 0 Å². The van der Waals surface area contributed by atoms with Gasteiger partial charge in [0, 0.05) is 24.6 Å². The molecule has 2 aliphatic rings. The third-order valence-corrected chi connectivity index (χ3v) is 4.89. The van der Waals surface area contributed by atoms with Crippen molar-refractivity contribution in [1.82, 2.24) is 5.32 Å². The van der Waals surface area contributed by atoms with E-state index in [0.717, 1.165) is 32.4 Å². The maximum Gasteiger partial charge on any atom is 0.228 e. The Hall–Kier alpha value is -2.08. The average Bonchev–Trinajstić information content (AvgIpc) is 3.22. The van der Waals surface area contributed by atoms with E-state index < -0.39 is 0 Å². The minimum absolute atomic E-state index is 0.0845. The molecule has 2 fully saturated rings. The third kappa shape index (κ3) is 3.32. The molecule has 1 aliphatic carbocycles. The highest BCUT2D eigenvalue weighted by Gasteiger charge is 2.57. The van der Waals surface area contributed by atoms with E-state index in [1.165, 1.54) is 14.0 Å². The summed E-state index contributed by atoms with van der Waals surface area (Å²) in [5.74, 6) is 0.572. The molecule has 1 saturated carbocycles. The van der Waals surface area contributed by atoms with E-state index >= 15 is 0 Å². The average molecular weight is 317 g/mol. The van der Waals surface area contributed by atoms with Crippen molar-refractivity contribution in [2.24, 2.45) is 11.3 Å². The first-order valence-electron chi connectivity index (χ1n) is 8.01. The van der Waals surface area contributed by atoms with Crippen LogP contribution in [0.2, 0.25) is 0 Å². The second-order valence-electron chi connectivity index (χ2n) is 6.45. The number of carbonyl (C=O) groups excluding carboxylic acids is 2. The quantitative estimate of drug-likeness (QED) is 0.793. The fourth-order valence-corrected chi connectivity index (χ4v) is 3.49. The van der Waals surface area contributed by atoms with Gasteiger partial charge in [-0.05, 0) is 49.9 Å². The first-order chi connectivity index (χ1) is 11.0. The highest BCUT2D eigenvalue weighted by Crippen LogP contribution is 2.58. The van der Waals surface area contributed by atoms with Crippen LogP contribution >= 0.6 is 0 Å². The number of nitrogens with one attached hydrogen (secondary N) is 3. The molecule has 3 rings (SSSR count). The first-order valence-corrected chi connectivity index (χ1v) is 8.01. The lowest BCUT2D eigenvalue weighted by atomic mass is 9.92. The molecule has 1 spiro atoms. The van der Waals surface area contributed by atoms with Crippen molar-refractivity contribution in [1.29, 1.82) is 0 Å². The summed E-state index contributed by atoms with van der Waals surface area (Å²) in [6.07, 6.45) is 3.15. The molecule has 6 heteroatoms. The minimum atomic E-state index is -0.161. The van der Waals surface area contributed by atoms with Crippen molar-refractivity contribution >= 4 is 23.2 Å². The molecule has 1 heterocycles. The lowest BCUT2D eigenvalue weighted by Crippen LogP contribution is -2.31. The largest absolute Gasteiger partial charge is 0.494 e. The van der Waals surface area contributed by atoms with Crippen LogP contribution in [0.3, 0.4) is 0 Å². The van der Waals surface area contributed by atoms with Crippen LogP contribution in [0.1, 0.15) is 26.2 Å². The predicted octanol–water partition coefficient (Wildman–Crippen LogP) is 1.98. The number of anilines is 2. The Morgan fingerprint density at radius 3 is 2.65 bits per heavy atom. The number of hydrogen-bond donors (Lipinski definition) is 3. The second kappa shape index (κ2) is 6.20. The smallest absolute Gasteiger partial charge is 0.228 e. The van der Waals surface area contributed by atoms with Crippen LogP contribution in [0.5, 0.6) is 5.75 Å². The van der Waals surface area contributed by atoms with Gasteiger partial charge in [-0.1, -0.05) is 0 Å². The highest BCUT2D eigenvalue weighted by atomic mass is 16.5. The van der Waals surface area contributed by atoms with E-state index in [-0.39, 0.29) is 23.1 Å². The number of piperidine rings is 1. The maximum absolute atomic E-state index is 12.5. The second-order valence-corrected chi connectivity index (χ2v) is 6.45. The van der Waals surface area contributed by atoms with E-state index in [2.05, 4.69) is 16.0 Å². The molecule has 0 aromatic heterocycles. The van der Waals surface area contributed by atoms with E-state index in [0.29, 0.717) is 17.1 Å². The Morgan fingerprint density at radius 2 is 2.00 bits per heavy atom. The molecule has 1 aromatic carbocycles. The van der Waals surface area contributed by atoms with E-state index in [1.807, 2.05) is 0 Å². The number of benzene rings is 1. The van der Waals surface area contributed by atoms with E-state index in [4.69, 9.17) is 4.74 Å². The lowest BCUT2D eigenvalue weighted by molar-refractivity contribution is -0.118. The van der Waals surface area contributed by atoms with E-state index in [9.17, 15) is 9.59 Å². The number of carbonyl (C=O) groups is 2. The minimum Gasteiger partial charge on any atom is -0.494 e. The van der Waals surface area contributed by atoms with Gasteiger partial charge in [0.25, 0.3) is 0 Å². The topological polar surface area (TPSA) is 79.5 Å². The Bertz CT molecular complexity index is 624. The summed E-state index contributed by atoms with van der Waals surface area (Å²) in [6, 6.07) is 5.26. The van der Waals surface area contributed by atoms with Crippen molar-refractivity contribution in [3.8, 4) is 5.75 Å². The van der Waals surface area contributed by atoms with Crippen molar-refractivity contribution in [2.75, 3.05) is 30.8 Å². The van der Waals surface area contributed by atoms with Gasteiger partial charge in [-0.25, -0.2) is 0 Å². The van der Waals surface area contributed by atoms with Crippen LogP contribution in [-0.2, 0) is 9.59 Å². The number of rotatable bonds is 4. The lowest BCUT2D eigenvalue weighted by Gasteiger charge is -2.23. The zero-order chi connectivity index (χ0) is 16.4. The Labute approximate surface area is 136 Å². The molecular formula is C17H23N3O3. The third-order valence-electron chi connectivity index (χ3n) is 4.89. The molecule has 2 amide bonds. The van der Waals surface area contributed by atoms with Gasteiger partial charge < -0.3 is 20.7 Å². The highest BCUT2D eigenvalue weighted by molar-refractivity contribution is 5.96. The summed E-state index contributed by atoms with van der Waals surface area (Å²) in [4.78, 5) is 23.6. The van der Waals surface area contributed by atoms with Gasteiger partial charge in [0.15, 0.2) is 0 Å². The molecule has 6 nitrogen and oxygen atoms in total. The van der Waals surface area contributed by atoms with Crippen LogP contribution < -0.4 is 20.7 Å². The van der Waals surface area contributed by atoms with Gasteiger partial charge in [0.2, 0.25) is 11.8 Å². The summed E-state index contributed by atoms with van der Waals surface area (Å²) in [5, 5.41) is 9.03. The van der Waals surface area contributed by atoms with E-state index in [1.54, 1.807) is 18.2 Å². The Kier molecular flexibility index (Phi) is 4.26. The van der Waals surface area contributed by atoms with Crippen molar-refractivity contribution < 1.29 is 14.3 Å². The molecule has 3 N–H and O–H groups in total. The first kappa shape index (κ1) is 15.8. The summed E-state index contributed by atoms with van der Waals surface area (Å²) in [7, 11) is 1.54. The summed E-state index contributed by atoms with van der Waals surface area (Å²) >= 11 is 0. The Balaban J connectivity index is 1.66. The van der Waals surface area contributed by atoms with Crippen molar-refractivity contribution in [3.05, 3.63) is 18.2 Å².